The van der Waals surface area contributed by atoms with E-state index in [1.165, 1.54) is 45.6 Å². The van der Waals surface area contributed by atoms with Crippen LogP contribution in [0, 0.1) is 11.7 Å². The van der Waals surface area contributed by atoms with E-state index in [1.807, 2.05) is 25.3 Å². The zero-order valence-electron chi connectivity index (χ0n) is 20.8. The van der Waals surface area contributed by atoms with Gasteiger partial charge in [0.2, 0.25) is 15.9 Å². The standard InChI is InChI=1S/C27H30ClFN2O4S2/c1-19(2)11-14-30(37(33,34)23-9-3-20(28)4-10-23)17-27(32)31-15-12-26-24(13-16-36-26)25(31)18-35-22-7-5-21(29)6-8-22/h3-10,13,16,19,25H,11-12,14-15,17-18H2,1-2H3. The minimum absolute atomic E-state index is 0.100. The molecule has 1 aliphatic rings. The molecule has 37 heavy (non-hydrogen) atoms. The third kappa shape index (κ3) is 6.71. The summed E-state index contributed by atoms with van der Waals surface area (Å²) in [4.78, 5) is 16.7. The van der Waals surface area contributed by atoms with Crippen LogP contribution in [0.2, 0.25) is 5.02 Å². The van der Waals surface area contributed by atoms with Crippen LogP contribution in [0.3, 0.4) is 0 Å². The molecule has 0 bridgehead atoms. The fourth-order valence-corrected chi connectivity index (χ4v) is 6.72. The Kier molecular flexibility index (Phi) is 8.90. The van der Waals surface area contributed by atoms with Gasteiger partial charge in [0.1, 0.15) is 18.2 Å². The van der Waals surface area contributed by atoms with Crippen LogP contribution in [0.5, 0.6) is 5.75 Å². The van der Waals surface area contributed by atoms with E-state index in [2.05, 4.69) is 0 Å². The number of ether oxygens (including phenoxy) is 1. The first-order valence-electron chi connectivity index (χ1n) is 12.1. The lowest BCUT2D eigenvalue weighted by molar-refractivity contribution is -0.135. The third-order valence-corrected chi connectivity index (χ3v) is 9.46. The zero-order valence-corrected chi connectivity index (χ0v) is 23.2. The molecule has 4 rings (SSSR count). The summed E-state index contributed by atoms with van der Waals surface area (Å²) in [5.41, 5.74) is 1.00. The minimum atomic E-state index is -3.91. The average Bonchev–Trinajstić information content (AvgIpc) is 3.35. The van der Waals surface area contributed by atoms with Crippen molar-refractivity contribution in [1.82, 2.24) is 9.21 Å². The highest BCUT2D eigenvalue weighted by Crippen LogP contribution is 2.34. The molecular formula is C27H30ClFN2O4S2. The molecule has 0 saturated heterocycles. The maximum atomic E-state index is 13.7. The lowest BCUT2D eigenvalue weighted by Crippen LogP contribution is -2.48. The summed E-state index contributed by atoms with van der Waals surface area (Å²) in [5.74, 6) is 0.120. The van der Waals surface area contributed by atoms with Gasteiger partial charge in [-0.1, -0.05) is 25.4 Å². The van der Waals surface area contributed by atoms with Crippen LogP contribution in [0.25, 0.3) is 0 Å². The van der Waals surface area contributed by atoms with E-state index >= 15 is 0 Å². The molecule has 2 heterocycles. The lowest BCUT2D eigenvalue weighted by Gasteiger charge is -2.37. The molecule has 1 atom stereocenters. The molecule has 198 valence electrons. The first-order valence-corrected chi connectivity index (χ1v) is 14.8. The highest BCUT2D eigenvalue weighted by molar-refractivity contribution is 7.89. The van der Waals surface area contributed by atoms with Crippen molar-refractivity contribution in [3.8, 4) is 5.75 Å². The van der Waals surface area contributed by atoms with Crippen molar-refractivity contribution < 1.29 is 22.3 Å². The molecule has 1 amide bonds. The Morgan fingerprint density at radius 3 is 2.54 bits per heavy atom. The molecule has 0 radical (unpaired) electrons. The van der Waals surface area contributed by atoms with Crippen molar-refractivity contribution in [1.29, 1.82) is 0 Å². The van der Waals surface area contributed by atoms with Crippen LogP contribution in [0.1, 0.15) is 36.8 Å². The molecule has 6 nitrogen and oxygen atoms in total. The number of carbonyl (C=O) groups excluding carboxylic acids is 1. The Labute approximate surface area is 226 Å². The topological polar surface area (TPSA) is 66.9 Å². The van der Waals surface area contributed by atoms with E-state index in [-0.39, 0.29) is 48.3 Å². The molecule has 0 fully saturated rings. The van der Waals surface area contributed by atoms with Crippen LogP contribution < -0.4 is 4.74 Å². The molecule has 1 aromatic heterocycles. The molecule has 1 aliphatic heterocycles. The second kappa shape index (κ2) is 11.9. The predicted octanol–water partition coefficient (Wildman–Crippen LogP) is 5.78. The third-order valence-electron chi connectivity index (χ3n) is 6.36. The maximum absolute atomic E-state index is 13.7. The van der Waals surface area contributed by atoms with Crippen LogP contribution in [0.4, 0.5) is 4.39 Å². The van der Waals surface area contributed by atoms with Gasteiger partial charge in [-0.15, -0.1) is 11.3 Å². The van der Waals surface area contributed by atoms with Crippen LogP contribution in [0.15, 0.2) is 64.9 Å². The number of amides is 1. The normalized spacial score (nSPS) is 15.7. The number of thiophene rings is 1. The largest absolute Gasteiger partial charge is 0.491 e. The smallest absolute Gasteiger partial charge is 0.243 e. The summed E-state index contributed by atoms with van der Waals surface area (Å²) in [7, 11) is -3.91. The maximum Gasteiger partial charge on any atom is 0.243 e. The number of nitrogens with zero attached hydrogens (tertiary/aromatic N) is 2. The number of halogens is 2. The number of sulfonamides is 1. The van der Waals surface area contributed by atoms with Crippen molar-refractivity contribution >= 4 is 38.9 Å². The Bertz CT molecular complexity index is 1310. The fourth-order valence-electron chi connectivity index (χ4n) is 4.26. The molecule has 2 aromatic carbocycles. The molecule has 0 spiro atoms. The van der Waals surface area contributed by atoms with Gasteiger partial charge in [-0.25, -0.2) is 12.8 Å². The van der Waals surface area contributed by atoms with E-state index < -0.39 is 10.0 Å². The molecule has 0 N–H and O–H groups in total. The molecule has 3 aromatic rings. The summed E-state index contributed by atoms with van der Waals surface area (Å²) in [6.45, 7) is 4.62. The van der Waals surface area contributed by atoms with Gasteiger partial charge in [-0.3, -0.25) is 4.79 Å². The summed E-state index contributed by atoms with van der Waals surface area (Å²) in [6, 6.07) is 13.3. The Hall–Kier alpha value is -2.46. The highest BCUT2D eigenvalue weighted by atomic mass is 35.5. The number of rotatable bonds is 10. The SMILES string of the molecule is CC(C)CCN(CC(=O)N1CCc2sccc2C1COc1ccc(F)cc1)S(=O)(=O)c1ccc(Cl)cc1. The van der Waals surface area contributed by atoms with Gasteiger partial charge in [0.05, 0.1) is 17.5 Å². The molecular weight excluding hydrogens is 535 g/mol. The van der Waals surface area contributed by atoms with Gasteiger partial charge < -0.3 is 9.64 Å². The molecule has 1 unspecified atom stereocenters. The summed E-state index contributed by atoms with van der Waals surface area (Å²) in [5, 5.41) is 2.43. The van der Waals surface area contributed by atoms with E-state index in [1.54, 1.807) is 28.4 Å². The Balaban J connectivity index is 1.56. The van der Waals surface area contributed by atoms with Crippen LogP contribution >= 0.6 is 22.9 Å². The Morgan fingerprint density at radius 1 is 1.16 bits per heavy atom. The fraction of sp³-hybridized carbons (Fsp3) is 0.370. The van der Waals surface area contributed by atoms with Gasteiger partial charge in [0.25, 0.3) is 0 Å². The highest BCUT2D eigenvalue weighted by Gasteiger charge is 2.35. The second-order valence-corrected chi connectivity index (χ2v) is 12.8. The predicted molar refractivity (Wildman–Crippen MR) is 144 cm³/mol. The van der Waals surface area contributed by atoms with Gasteiger partial charge in [0, 0.05) is 23.0 Å². The first-order chi connectivity index (χ1) is 17.6. The Morgan fingerprint density at radius 2 is 1.86 bits per heavy atom. The van der Waals surface area contributed by atoms with E-state index in [9.17, 15) is 17.6 Å². The summed E-state index contributed by atoms with van der Waals surface area (Å²) in [6.07, 6.45) is 1.31. The zero-order chi connectivity index (χ0) is 26.6. The van der Waals surface area contributed by atoms with E-state index in [4.69, 9.17) is 16.3 Å². The van der Waals surface area contributed by atoms with Gasteiger partial charge >= 0.3 is 0 Å². The quantitative estimate of drug-likeness (QED) is 0.313. The van der Waals surface area contributed by atoms with Crippen molar-refractivity contribution in [2.24, 2.45) is 5.92 Å². The van der Waals surface area contributed by atoms with Crippen molar-refractivity contribution in [3.63, 3.8) is 0 Å². The summed E-state index contributed by atoms with van der Waals surface area (Å²) < 4.78 is 47.5. The molecule has 0 aliphatic carbocycles. The van der Waals surface area contributed by atoms with Crippen molar-refractivity contribution in [2.75, 3.05) is 26.2 Å². The second-order valence-electron chi connectivity index (χ2n) is 9.39. The number of benzene rings is 2. The van der Waals surface area contributed by atoms with Crippen molar-refractivity contribution in [3.05, 3.63) is 81.3 Å². The number of carbonyl (C=O) groups is 1. The van der Waals surface area contributed by atoms with E-state index in [0.717, 1.165) is 5.56 Å². The van der Waals surface area contributed by atoms with Crippen molar-refractivity contribution in [2.45, 2.75) is 37.6 Å². The number of fused-ring (bicyclic) bond motifs is 1. The minimum Gasteiger partial charge on any atom is -0.491 e. The van der Waals surface area contributed by atoms with E-state index in [0.29, 0.717) is 30.2 Å². The summed E-state index contributed by atoms with van der Waals surface area (Å²) >= 11 is 7.59. The van der Waals surface area contributed by atoms with Gasteiger partial charge in [0.15, 0.2) is 0 Å². The first kappa shape index (κ1) is 27.6. The van der Waals surface area contributed by atoms with Crippen LogP contribution in [-0.2, 0) is 21.2 Å². The average molecular weight is 565 g/mol. The van der Waals surface area contributed by atoms with Gasteiger partial charge in [-0.2, -0.15) is 4.31 Å². The molecule has 10 heteroatoms. The lowest BCUT2D eigenvalue weighted by atomic mass is 10.0. The number of hydrogen-bond donors (Lipinski definition) is 0. The van der Waals surface area contributed by atoms with Gasteiger partial charge in [-0.05, 0) is 84.3 Å². The number of hydrogen-bond acceptors (Lipinski definition) is 5. The molecule has 0 saturated carbocycles. The van der Waals surface area contributed by atoms with Crippen LogP contribution in [-0.4, -0.2) is 49.8 Å². The monoisotopic (exact) mass is 564 g/mol.